The third kappa shape index (κ3) is 1.83. The number of benzene rings is 1. The van der Waals surface area contributed by atoms with Gasteiger partial charge in [-0.15, -0.1) is 0 Å². The lowest BCUT2D eigenvalue weighted by Crippen LogP contribution is -2.11. The summed E-state index contributed by atoms with van der Waals surface area (Å²) in [5, 5.41) is 0. The number of rotatable bonds is 2. The second-order valence-corrected chi connectivity index (χ2v) is 4.67. The maximum atomic E-state index is 14.1. The summed E-state index contributed by atoms with van der Waals surface area (Å²) in [4.78, 5) is 0. The molecule has 0 N–H and O–H groups in total. The van der Waals surface area contributed by atoms with Gasteiger partial charge in [0.2, 0.25) is 0 Å². The summed E-state index contributed by atoms with van der Waals surface area (Å²) < 4.78 is 56.4. The van der Waals surface area contributed by atoms with Crippen molar-refractivity contribution in [2.75, 3.05) is 0 Å². The van der Waals surface area contributed by atoms with Gasteiger partial charge < -0.3 is 0 Å². The molecule has 20 heavy (non-hydrogen) atoms. The van der Waals surface area contributed by atoms with E-state index in [2.05, 4.69) is 0 Å². The van der Waals surface area contributed by atoms with Crippen LogP contribution in [0, 0.1) is 23.3 Å². The highest BCUT2D eigenvalue weighted by molar-refractivity contribution is 5.44. The summed E-state index contributed by atoms with van der Waals surface area (Å²) in [6.07, 6.45) is 12.2. The first kappa shape index (κ1) is 12.9. The van der Waals surface area contributed by atoms with Gasteiger partial charge in [0, 0.05) is 23.0 Å². The molecular formula is C16H10F4. The summed E-state index contributed by atoms with van der Waals surface area (Å²) in [6, 6.07) is 0. The van der Waals surface area contributed by atoms with Crippen molar-refractivity contribution in [1.82, 2.24) is 0 Å². The second-order valence-electron chi connectivity index (χ2n) is 4.67. The molecule has 0 atom stereocenters. The molecule has 0 saturated carbocycles. The Bertz CT molecular complexity index is 568. The Morgan fingerprint density at radius 3 is 1.00 bits per heavy atom. The van der Waals surface area contributed by atoms with E-state index in [1.807, 2.05) is 0 Å². The molecule has 0 aromatic heterocycles. The van der Waals surface area contributed by atoms with Gasteiger partial charge in [-0.1, -0.05) is 48.6 Å². The van der Waals surface area contributed by atoms with E-state index in [1.165, 1.54) is 24.3 Å². The normalized spacial score (nSPS) is 17.8. The van der Waals surface area contributed by atoms with Crippen molar-refractivity contribution in [3.8, 4) is 0 Å². The molecule has 4 heteroatoms. The van der Waals surface area contributed by atoms with Gasteiger partial charge >= 0.3 is 0 Å². The van der Waals surface area contributed by atoms with Gasteiger partial charge in [-0.3, -0.25) is 0 Å². The number of allylic oxidation sites excluding steroid dienone is 8. The molecule has 0 saturated heterocycles. The Labute approximate surface area is 113 Å². The summed E-state index contributed by atoms with van der Waals surface area (Å²) in [7, 11) is 0. The molecule has 0 radical (unpaired) electrons. The molecule has 0 bridgehead atoms. The van der Waals surface area contributed by atoms with Gasteiger partial charge in [0.25, 0.3) is 0 Å². The lowest BCUT2D eigenvalue weighted by molar-refractivity contribution is 0.425. The minimum atomic E-state index is -1.33. The predicted octanol–water partition coefficient (Wildman–Crippen LogP) is 4.66. The second kappa shape index (κ2) is 4.78. The van der Waals surface area contributed by atoms with E-state index in [0.717, 1.165) is 0 Å². The molecule has 3 rings (SSSR count). The SMILES string of the molecule is Fc1c(F)c(C2C=CC=C2)c(F)c(F)c1C1C=CC=C1. The third-order valence-electron chi connectivity index (χ3n) is 3.49. The maximum Gasteiger partial charge on any atom is 0.166 e. The van der Waals surface area contributed by atoms with Gasteiger partial charge in [-0.05, 0) is 0 Å². The van der Waals surface area contributed by atoms with E-state index in [4.69, 9.17) is 0 Å². The maximum absolute atomic E-state index is 14.1. The highest BCUT2D eigenvalue weighted by atomic mass is 19.2. The zero-order valence-electron chi connectivity index (χ0n) is 10.3. The molecule has 0 unspecified atom stereocenters. The van der Waals surface area contributed by atoms with Crippen LogP contribution in [0.15, 0.2) is 48.6 Å². The van der Waals surface area contributed by atoms with Crippen LogP contribution in [0.5, 0.6) is 0 Å². The Morgan fingerprint density at radius 2 is 0.750 bits per heavy atom. The first-order valence-corrected chi connectivity index (χ1v) is 6.17. The average Bonchev–Trinajstić information content (AvgIpc) is 3.10. The van der Waals surface area contributed by atoms with Crippen molar-refractivity contribution < 1.29 is 17.6 Å². The highest BCUT2D eigenvalue weighted by Crippen LogP contribution is 2.36. The van der Waals surface area contributed by atoms with Crippen LogP contribution >= 0.6 is 0 Å². The van der Waals surface area contributed by atoms with Crippen LogP contribution < -0.4 is 0 Å². The summed E-state index contributed by atoms with van der Waals surface area (Å²) >= 11 is 0. The number of hydrogen-bond acceptors (Lipinski definition) is 0. The zero-order chi connectivity index (χ0) is 14.3. The Morgan fingerprint density at radius 1 is 0.500 bits per heavy atom. The minimum Gasteiger partial charge on any atom is -0.203 e. The van der Waals surface area contributed by atoms with Crippen LogP contribution in [-0.2, 0) is 0 Å². The zero-order valence-corrected chi connectivity index (χ0v) is 10.3. The lowest BCUT2D eigenvalue weighted by atomic mass is 9.92. The van der Waals surface area contributed by atoms with Gasteiger partial charge in [-0.2, -0.15) is 0 Å². The van der Waals surface area contributed by atoms with Gasteiger partial charge in [0.05, 0.1) is 0 Å². The molecule has 1 aromatic rings. The minimum absolute atomic E-state index is 0.584. The smallest absolute Gasteiger partial charge is 0.166 e. The van der Waals surface area contributed by atoms with Crippen molar-refractivity contribution in [1.29, 1.82) is 0 Å². The Hall–Kier alpha value is -2.10. The molecule has 0 nitrogen and oxygen atoms in total. The van der Waals surface area contributed by atoms with Crippen molar-refractivity contribution in [3.63, 3.8) is 0 Å². The first-order chi connectivity index (χ1) is 9.61. The van der Waals surface area contributed by atoms with Crippen LogP contribution in [-0.4, -0.2) is 0 Å². The number of halogens is 4. The molecule has 0 aliphatic heterocycles. The van der Waals surface area contributed by atoms with E-state index in [0.29, 0.717) is 0 Å². The van der Waals surface area contributed by atoms with Gasteiger partial charge in [0.1, 0.15) is 0 Å². The standard InChI is InChI=1S/C16H10F4/c17-13-11(9-5-1-2-6-9)14(18)16(20)12(15(13)19)10-7-3-4-8-10/h1-10H. The van der Waals surface area contributed by atoms with Crippen LogP contribution in [0.25, 0.3) is 0 Å². The fraction of sp³-hybridized carbons (Fsp3) is 0.125. The fourth-order valence-corrected chi connectivity index (χ4v) is 2.50. The molecule has 2 aliphatic rings. The molecule has 0 fully saturated rings. The Kier molecular flexibility index (Phi) is 3.08. The van der Waals surface area contributed by atoms with Crippen molar-refractivity contribution in [3.05, 3.63) is 83.0 Å². The molecule has 0 heterocycles. The fourth-order valence-electron chi connectivity index (χ4n) is 2.50. The molecule has 0 amide bonds. The molecule has 102 valence electrons. The molecule has 0 spiro atoms. The van der Waals surface area contributed by atoms with E-state index in [9.17, 15) is 17.6 Å². The molecular weight excluding hydrogens is 268 g/mol. The van der Waals surface area contributed by atoms with Crippen molar-refractivity contribution >= 4 is 0 Å². The summed E-state index contributed by atoms with van der Waals surface area (Å²) in [5.41, 5.74) is -1.17. The summed E-state index contributed by atoms with van der Waals surface area (Å²) in [5.74, 6) is -6.85. The lowest BCUT2D eigenvalue weighted by Gasteiger charge is -2.16. The van der Waals surface area contributed by atoms with Crippen LogP contribution in [0.4, 0.5) is 17.6 Å². The van der Waals surface area contributed by atoms with Gasteiger partial charge in [-0.25, -0.2) is 17.6 Å². The molecule has 2 aliphatic carbocycles. The average molecular weight is 278 g/mol. The number of hydrogen-bond donors (Lipinski definition) is 0. The van der Waals surface area contributed by atoms with Crippen molar-refractivity contribution in [2.45, 2.75) is 11.8 Å². The van der Waals surface area contributed by atoms with Gasteiger partial charge in [0.15, 0.2) is 23.3 Å². The Balaban J connectivity index is 2.21. The van der Waals surface area contributed by atoms with Crippen LogP contribution in [0.1, 0.15) is 23.0 Å². The monoisotopic (exact) mass is 278 g/mol. The first-order valence-electron chi connectivity index (χ1n) is 6.17. The largest absolute Gasteiger partial charge is 0.203 e. The van der Waals surface area contributed by atoms with E-state index in [1.54, 1.807) is 24.3 Å². The quantitative estimate of drug-likeness (QED) is 0.545. The highest BCUT2D eigenvalue weighted by Gasteiger charge is 2.31. The van der Waals surface area contributed by atoms with E-state index in [-0.39, 0.29) is 0 Å². The predicted molar refractivity (Wildman–Crippen MR) is 68.3 cm³/mol. The van der Waals surface area contributed by atoms with Crippen LogP contribution in [0.2, 0.25) is 0 Å². The van der Waals surface area contributed by atoms with Crippen molar-refractivity contribution in [2.24, 2.45) is 0 Å². The third-order valence-corrected chi connectivity index (χ3v) is 3.49. The van der Waals surface area contributed by atoms with E-state index < -0.39 is 46.2 Å². The molecule has 1 aromatic carbocycles. The summed E-state index contributed by atoms with van der Waals surface area (Å²) in [6.45, 7) is 0. The van der Waals surface area contributed by atoms with E-state index >= 15 is 0 Å². The topological polar surface area (TPSA) is 0 Å². The van der Waals surface area contributed by atoms with Crippen LogP contribution in [0.3, 0.4) is 0 Å².